The van der Waals surface area contributed by atoms with Crippen molar-refractivity contribution in [1.82, 2.24) is 10.6 Å². The van der Waals surface area contributed by atoms with Crippen molar-refractivity contribution in [2.45, 2.75) is 32.5 Å². The molecule has 1 aromatic rings. The van der Waals surface area contributed by atoms with E-state index in [1.807, 2.05) is 0 Å². The summed E-state index contributed by atoms with van der Waals surface area (Å²) in [4.78, 5) is 4.40. The van der Waals surface area contributed by atoms with Gasteiger partial charge in [-0.1, -0.05) is 12.1 Å². The Balaban J connectivity index is 0.00000144. The van der Waals surface area contributed by atoms with Gasteiger partial charge < -0.3 is 10.6 Å². The molecule has 1 aliphatic heterocycles. The van der Waals surface area contributed by atoms with Crippen LogP contribution in [0, 0.1) is 5.82 Å². The maximum Gasteiger partial charge on any atom is 0.192 e. The van der Waals surface area contributed by atoms with Gasteiger partial charge >= 0.3 is 0 Å². The molecule has 1 heterocycles. The number of nitrogens with zero attached hydrogens (tertiary/aromatic N) is 1. The molecule has 5 heteroatoms. The van der Waals surface area contributed by atoms with Crippen molar-refractivity contribution < 1.29 is 4.39 Å². The van der Waals surface area contributed by atoms with E-state index in [4.69, 9.17) is 0 Å². The number of rotatable bonds is 2. The van der Waals surface area contributed by atoms with Crippen LogP contribution in [0.1, 0.15) is 19.4 Å². The molecular weight excluding hydrogens is 332 g/mol. The first-order valence-electron chi connectivity index (χ1n) is 5.47. The molecule has 0 saturated carbocycles. The Morgan fingerprint density at radius 3 is 2.18 bits per heavy atom. The second-order valence-corrected chi connectivity index (χ2v) is 4.16. The molecule has 1 aromatic carbocycles. The molecule has 0 bridgehead atoms. The molecule has 0 aromatic heterocycles. The Hall–Kier alpha value is -0.850. The summed E-state index contributed by atoms with van der Waals surface area (Å²) in [7, 11) is 0. The van der Waals surface area contributed by atoms with Gasteiger partial charge in [-0.15, -0.1) is 24.0 Å². The number of benzene rings is 1. The average molecular weight is 349 g/mol. The first-order valence-corrected chi connectivity index (χ1v) is 5.47. The number of aliphatic imine (C=N–C) groups is 1. The lowest BCUT2D eigenvalue weighted by atomic mass is 10.2. The van der Waals surface area contributed by atoms with E-state index in [9.17, 15) is 4.39 Å². The zero-order chi connectivity index (χ0) is 11.5. The normalized spacial score (nSPS) is 22.4. The molecule has 2 atom stereocenters. The van der Waals surface area contributed by atoms with Crippen molar-refractivity contribution in [3.63, 3.8) is 0 Å². The Labute approximate surface area is 118 Å². The first-order chi connectivity index (χ1) is 7.65. The molecule has 0 aliphatic carbocycles. The van der Waals surface area contributed by atoms with Gasteiger partial charge in [-0.25, -0.2) is 9.38 Å². The van der Waals surface area contributed by atoms with Crippen LogP contribution in [-0.2, 0) is 6.54 Å². The van der Waals surface area contributed by atoms with Gasteiger partial charge in [0.1, 0.15) is 5.82 Å². The van der Waals surface area contributed by atoms with Gasteiger partial charge in [0.15, 0.2) is 5.96 Å². The SMILES string of the molecule is CC1NC(=NCc2ccc(F)cc2)NC1C.I. The van der Waals surface area contributed by atoms with Crippen LogP contribution < -0.4 is 10.6 Å². The maximum absolute atomic E-state index is 12.7. The Morgan fingerprint density at radius 1 is 1.12 bits per heavy atom. The lowest BCUT2D eigenvalue weighted by Crippen LogP contribution is -2.26. The fourth-order valence-corrected chi connectivity index (χ4v) is 1.57. The highest BCUT2D eigenvalue weighted by molar-refractivity contribution is 14.0. The van der Waals surface area contributed by atoms with Crippen LogP contribution in [0.5, 0.6) is 0 Å². The Morgan fingerprint density at radius 2 is 1.65 bits per heavy atom. The molecule has 94 valence electrons. The van der Waals surface area contributed by atoms with Crippen molar-refractivity contribution >= 4 is 29.9 Å². The summed E-state index contributed by atoms with van der Waals surface area (Å²) in [6.07, 6.45) is 0. The lowest BCUT2D eigenvalue weighted by molar-refractivity contribution is 0.583. The van der Waals surface area contributed by atoms with Crippen LogP contribution in [-0.4, -0.2) is 18.0 Å². The maximum atomic E-state index is 12.7. The van der Waals surface area contributed by atoms with Crippen molar-refractivity contribution in [2.75, 3.05) is 0 Å². The number of nitrogens with one attached hydrogen (secondary N) is 2. The molecule has 2 N–H and O–H groups in total. The molecule has 3 nitrogen and oxygen atoms in total. The molecule has 2 unspecified atom stereocenters. The zero-order valence-corrected chi connectivity index (χ0v) is 12.2. The highest BCUT2D eigenvalue weighted by atomic mass is 127. The quantitative estimate of drug-likeness (QED) is 0.804. The second-order valence-electron chi connectivity index (χ2n) is 4.16. The summed E-state index contributed by atoms with van der Waals surface area (Å²) in [5.41, 5.74) is 1.00. The average Bonchev–Trinajstić information content (AvgIpc) is 2.58. The molecule has 2 rings (SSSR count). The highest BCUT2D eigenvalue weighted by Gasteiger charge is 2.21. The second kappa shape index (κ2) is 6.18. The molecular formula is C12H17FIN3. The van der Waals surface area contributed by atoms with E-state index in [-0.39, 0.29) is 29.8 Å². The monoisotopic (exact) mass is 349 g/mol. The molecule has 1 fully saturated rings. The summed E-state index contributed by atoms with van der Waals surface area (Å²) in [5.74, 6) is 0.611. The predicted molar refractivity (Wildman–Crippen MR) is 78.1 cm³/mol. The summed E-state index contributed by atoms with van der Waals surface area (Å²) in [6, 6.07) is 7.20. The summed E-state index contributed by atoms with van der Waals surface area (Å²) < 4.78 is 12.7. The number of hydrogen-bond donors (Lipinski definition) is 2. The Kier molecular flexibility index (Phi) is 5.17. The molecule has 0 radical (unpaired) electrons. The summed E-state index contributed by atoms with van der Waals surface area (Å²) >= 11 is 0. The summed E-state index contributed by atoms with van der Waals surface area (Å²) in [5, 5.41) is 6.50. The fourth-order valence-electron chi connectivity index (χ4n) is 1.57. The largest absolute Gasteiger partial charge is 0.352 e. The van der Waals surface area contributed by atoms with E-state index in [0.29, 0.717) is 18.6 Å². The van der Waals surface area contributed by atoms with E-state index in [0.717, 1.165) is 11.5 Å². The van der Waals surface area contributed by atoms with Crippen LogP contribution in [0.2, 0.25) is 0 Å². The van der Waals surface area contributed by atoms with Gasteiger partial charge in [0.2, 0.25) is 0 Å². The van der Waals surface area contributed by atoms with Crippen LogP contribution in [0.15, 0.2) is 29.3 Å². The minimum Gasteiger partial charge on any atom is -0.352 e. The fraction of sp³-hybridized carbons (Fsp3) is 0.417. The van der Waals surface area contributed by atoms with E-state index >= 15 is 0 Å². The van der Waals surface area contributed by atoms with Gasteiger partial charge in [0.05, 0.1) is 6.54 Å². The third-order valence-corrected chi connectivity index (χ3v) is 2.81. The number of halogens is 2. The molecule has 0 amide bonds. The third-order valence-electron chi connectivity index (χ3n) is 2.81. The van der Waals surface area contributed by atoms with Crippen molar-refractivity contribution in [3.8, 4) is 0 Å². The van der Waals surface area contributed by atoms with E-state index < -0.39 is 0 Å². The predicted octanol–water partition coefficient (Wildman–Crippen LogP) is 2.27. The van der Waals surface area contributed by atoms with E-state index in [2.05, 4.69) is 29.5 Å². The van der Waals surface area contributed by atoms with Gasteiger partial charge in [-0.05, 0) is 31.5 Å². The molecule has 17 heavy (non-hydrogen) atoms. The van der Waals surface area contributed by atoms with Gasteiger partial charge in [0, 0.05) is 12.1 Å². The minimum atomic E-state index is -0.212. The van der Waals surface area contributed by atoms with Gasteiger partial charge in [-0.3, -0.25) is 0 Å². The highest BCUT2D eigenvalue weighted by Crippen LogP contribution is 2.05. The first kappa shape index (κ1) is 14.2. The van der Waals surface area contributed by atoms with Crippen molar-refractivity contribution in [3.05, 3.63) is 35.6 Å². The molecule has 1 saturated heterocycles. The van der Waals surface area contributed by atoms with Crippen molar-refractivity contribution in [2.24, 2.45) is 4.99 Å². The number of guanidine groups is 1. The third kappa shape index (κ3) is 3.83. The van der Waals surface area contributed by atoms with E-state index in [1.165, 1.54) is 12.1 Å². The molecule has 1 aliphatic rings. The zero-order valence-electron chi connectivity index (χ0n) is 9.90. The smallest absolute Gasteiger partial charge is 0.192 e. The van der Waals surface area contributed by atoms with Crippen LogP contribution in [0.3, 0.4) is 0 Å². The summed E-state index contributed by atoms with van der Waals surface area (Å²) in [6.45, 7) is 4.78. The van der Waals surface area contributed by atoms with Crippen LogP contribution in [0.4, 0.5) is 4.39 Å². The standard InChI is InChI=1S/C12H16FN3.HI/c1-8-9(2)16-12(15-8)14-7-10-3-5-11(13)6-4-10;/h3-6,8-9H,7H2,1-2H3,(H2,14,15,16);1H. The van der Waals surface area contributed by atoms with E-state index in [1.54, 1.807) is 12.1 Å². The minimum absolute atomic E-state index is 0. The topological polar surface area (TPSA) is 36.4 Å². The molecule has 0 spiro atoms. The Bertz CT molecular complexity index is 379. The van der Waals surface area contributed by atoms with Crippen molar-refractivity contribution in [1.29, 1.82) is 0 Å². The number of hydrogen-bond acceptors (Lipinski definition) is 1. The lowest BCUT2D eigenvalue weighted by Gasteiger charge is -2.04. The van der Waals surface area contributed by atoms with Crippen LogP contribution >= 0.6 is 24.0 Å². The van der Waals surface area contributed by atoms with Gasteiger partial charge in [0.25, 0.3) is 0 Å². The van der Waals surface area contributed by atoms with Crippen LogP contribution in [0.25, 0.3) is 0 Å². The van der Waals surface area contributed by atoms with Gasteiger partial charge in [-0.2, -0.15) is 0 Å².